The summed E-state index contributed by atoms with van der Waals surface area (Å²) < 4.78 is 4.43. The number of carbonyl (C=O) groups excluding carboxylic acids is 1. The van der Waals surface area contributed by atoms with E-state index in [-0.39, 0.29) is 23.4 Å². The van der Waals surface area contributed by atoms with Gasteiger partial charge in [-0.2, -0.15) is 10.2 Å². The molecule has 6 nitrogen and oxygen atoms in total. The Labute approximate surface area is 145 Å². The lowest BCUT2D eigenvalue weighted by atomic mass is 9.86. The van der Waals surface area contributed by atoms with Crippen molar-refractivity contribution in [3.63, 3.8) is 0 Å². The highest BCUT2D eigenvalue weighted by molar-refractivity contribution is 9.10. The summed E-state index contributed by atoms with van der Waals surface area (Å²) in [6.07, 6.45) is 5.48. The van der Waals surface area contributed by atoms with Crippen molar-refractivity contribution in [1.29, 1.82) is 0 Å². The van der Waals surface area contributed by atoms with E-state index in [9.17, 15) is 4.79 Å². The third kappa shape index (κ3) is 4.43. The Bertz CT molecular complexity index is 637. The first-order chi connectivity index (χ1) is 10.7. The van der Waals surface area contributed by atoms with Crippen molar-refractivity contribution in [2.24, 2.45) is 5.41 Å². The molecule has 7 heteroatoms. The average Bonchev–Trinajstić information content (AvgIpc) is 3.07. The van der Waals surface area contributed by atoms with Gasteiger partial charge in [0.1, 0.15) is 6.04 Å². The Morgan fingerprint density at radius 2 is 2.13 bits per heavy atom. The minimum Gasteiger partial charge on any atom is -0.349 e. The van der Waals surface area contributed by atoms with Crippen molar-refractivity contribution in [2.45, 2.75) is 53.2 Å². The van der Waals surface area contributed by atoms with Gasteiger partial charge in [0.05, 0.1) is 22.8 Å². The van der Waals surface area contributed by atoms with Crippen molar-refractivity contribution in [2.75, 3.05) is 0 Å². The second-order valence-electron chi connectivity index (χ2n) is 6.87. The van der Waals surface area contributed by atoms with Gasteiger partial charge in [-0.1, -0.05) is 20.8 Å². The summed E-state index contributed by atoms with van der Waals surface area (Å²) in [5.74, 6) is -0.0490. The first-order valence-corrected chi connectivity index (χ1v) is 8.47. The third-order valence-corrected chi connectivity index (χ3v) is 4.70. The van der Waals surface area contributed by atoms with Gasteiger partial charge in [-0.3, -0.25) is 14.2 Å². The summed E-state index contributed by atoms with van der Waals surface area (Å²) in [7, 11) is 0. The molecule has 0 unspecified atom stereocenters. The fourth-order valence-corrected chi connectivity index (χ4v) is 2.49. The van der Waals surface area contributed by atoms with E-state index in [0.29, 0.717) is 6.54 Å². The highest BCUT2D eigenvalue weighted by atomic mass is 79.9. The molecular formula is C16H24BrN5O. The molecule has 23 heavy (non-hydrogen) atoms. The van der Waals surface area contributed by atoms with Gasteiger partial charge in [0.15, 0.2) is 0 Å². The van der Waals surface area contributed by atoms with Crippen LogP contribution in [0.4, 0.5) is 0 Å². The quantitative estimate of drug-likeness (QED) is 0.865. The van der Waals surface area contributed by atoms with Crippen molar-refractivity contribution < 1.29 is 4.79 Å². The first kappa shape index (κ1) is 17.7. The van der Waals surface area contributed by atoms with Gasteiger partial charge in [0.2, 0.25) is 5.91 Å². The molecule has 0 aliphatic rings. The molecule has 0 spiro atoms. The zero-order valence-electron chi connectivity index (χ0n) is 14.2. The number of carbonyl (C=O) groups is 1. The monoisotopic (exact) mass is 381 g/mol. The summed E-state index contributed by atoms with van der Waals surface area (Å²) >= 11 is 3.43. The van der Waals surface area contributed by atoms with Crippen LogP contribution in [0.5, 0.6) is 0 Å². The van der Waals surface area contributed by atoms with Crippen LogP contribution in [-0.4, -0.2) is 31.5 Å². The van der Waals surface area contributed by atoms with Crippen LogP contribution in [0.15, 0.2) is 29.1 Å². The molecule has 2 rings (SSSR count). The fourth-order valence-electron chi connectivity index (χ4n) is 2.20. The highest BCUT2D eigenvalue weighted by Crippen LogP contribution is 2.22. The van der Waals surface area contributed by atoms with Gasteiger partial charge in [0.25, 0.3) is 0 Å². The van der Waals surface area contributed by atoms with Crippen molar-refractivity contribution >= 4 is 21.8 Å². The number of rotatable bonds is 5. The van der Waals surface area contributed by atoms with Crippen molar-refractivity contribution in [1.82, 2.24) is 24.9 Å². The Morgan fingerprint density at radius 1 is 1.43 bits per heavy atom. The molecule has 0 aromatic carbocycles. The number of aromatic nitrogens is 4. The molecule has 0 aliphatic carbocycles. The summed E-state index contributed by atoms with van der Waals surface area (Å²) in [4.78, 5) is 12.6. The molecule has 2 aromatic rings. The molecule has 0 radical (unpaired) electrons. The van der Waals surface area contributed by atoms with Crippen LogP contribution < -0.4 is 5.32 Å². The Balaban J connectivity index is 2.10. The van der Waals surface area contributed by atoms with Gasteiger partial charge < -0.3 is 5.32 Å². The normalized spacial score (nSPS) is 14.5. The SMILES string of the molecule is Cc1nn([C@@H](C)C(=O)N[C@H](Cn2cccn2)C(C)(C)C)cc1Br. The van der Waals surface area contributed by atoms with Crippen LogP contribution in [0.2, 0.25) is 0 Å². The molecule has 2 atom stereocenters. The number of aryl methyl sites for hydroxylation is 1. The summed E-state index contributed by atoms with van der Waals surface area (Å²) in [5.41, 5.74) is 0.788. The van der Waals surface area contributed by atoms with Crippen LogP contribution >= 0.6 is 15.9 Å². The largest absolute Gasteiger partial charge is 0.349 e. The second-order valence-corrected chi connectivity index (χ2v) is 7.73. The molecule has 1 N–H and O–H groups in total. The lowest BCUT2D eigenvalue weighted by molar-refractivity contribution is -0.125. The topological polar surface area (TPSA) is 64.7 Å². The van der Waals surface area contributed by atoms with Crippen molar-refractivity contribution in [3.8, 4) is 0 Å². The molecule has 1 amide bonds. The van der Waals surface area contributed by atoms with Crippen LogP contribution in [0.25, 0.3) is 0 Å². The maximum atomic E-state index is 12.6. The third-order valence-electron chi connectivity index (χ3n) is 3.92. The van der Waals surface area contributed by atoms with Gasteiger partial charge in [0, 0.05) is 18.6 Å². The van der Waals surface area contributed by atoms with E-state index in [4.69, 9.17) is 0 Å². The minimum absolute atomic E-state index is 0.0301. The minimum atomic E-state index is -0.373. The van der Waals surface area contributed by atoms with Gasteiger partial charge >= 0.3 is 0 Å². The van der Waals surface area contributed by atoms with Crippen LogP contribution in [0, 0.1) is 12.3 Å². The van der Waals surface area contributed by atoms with Crippen molar-refractivity contribution in [3.05, 3.63) is 34.8 Å². The standard InChI is InChI=1S/C16H24BrN5O/c1-11-13(17)9-22(20-11)12(2)15(23)19-14(16(3,4)5)10-21-8-6-7-18-21/h6-9,12,14H,10H2,1-5H3,(H,19,23)/t12-,14+/m0/s1. The lowest BCUT2D eigenvalue weighted by Crippen LogP contribution is -2.48. The molecule has 0 aliphatic heterocycles. The number of hydrogen-bond acceptors (Lipinski definition) is 3. The molecule has 2 aromatic heterocycles. The average molecular weight is 382 g/mol. The second kappa shape index (κ2) is 6.86. The van der Waals surface area contributed by atoms with E-state index < -0.39 is 0 Å². The van der Waals surface area contributed by atoms with Crippen LogP contribution in [0.1, 0.15) is 39.4 Å². The summed E-state index contributed by atoms with van der Waals surface area (Å²) in [6.45, 7) is 10.7. The molecule has 0 saturated heterocycles. The summed E-state index contributed by atoms with van der Waals surface area (Å²) in [5, 5.41) is 11.8. The zero-order valence-corrected chi connectivity index (χ0v) is 15.8. The molecular weight excluding hydrogens is 358 g/mol. The number of nitrogens with zero attached hydrogens (tertiary/aromatic N) is 4. The maximum Gasteiger partial charge on any atom is 0.244 e. The predicted octanol–water partition coefficient (Wildman–Crippen LogP) is 2.94. The number of amides is 1. The van der Waals surface area contributed by atoms with Crippen LogP contribution in [0.3, 0.4) is 0 Å². The number of halogens is 1. The smallest absolute Gasteiger partial charge is 0.244 e. The van der Waals surface area contributed by atoms with E-state index in [1.54, 1.807) is 10.9 Å². The maximum absolute atomic E-state index is 12.6. The fraction of sp³-hybridized carbons (Fsp3) is 0.562. The Kier molecular flexibility index (Phi) is 5.29. The predicted molar refractivity (Wildman–Crippen MR) is 93.0 cm³/mol. The van der Waals surface area contributed by atoms with E-state index in [2.05, 4.69) is 52.2 Å². The van der Waals surface area contributed by atoms with Crippen LogP contribution in [-0.2, 0) is 11.3 Å². The Hall–Kier alpha value is -1.63. The number of nitrogens with one attached hydrogen (secondary N) is 1. The molecule has 0 bridgehead atoms. The molecule has 0 fully saturated rings. The highest BCUT2D eigenvalue weighted by Gasteiger charge is 2.29. The van der Waals surface area contributed by atoms with Gasteiger partial charge in [-0.15, -0.1) is 0 Å². The first-order valence-electron chi connectivity index (χ1n) is 7.67. The summed E-state index contributed by atoms with van der Waals surface area (Å²) in [6, 6.07) is 1.48. The molecule has 0 saturated carbocycles. The molecule has 2 heterocycles. The van der Waals surface area contributed by atoms with E-state index in [1.807, 2.05) is 37.0 Å². The lowest BCUT2D eigenvalue weighted by Gasteiger charge is -2.32. The molecule has 126 valence electrons. The van der Waals surface area contributed by atoms with E-state index in [0.717, 1.165) is 10.2 Å². The van der Waals surface area contributed by atoms with Gasteiger partial charge in [-0.05, 0) is 41.3 Å². The van der Waals surface area contributed by atoms with E-state index in [1.165, 1.54) is 0 Å². The van der Waals surface area contributed by atoms with Gasteiger partial charge in [-0.25, -0.2) is 0 Å². The Morgan fingerprint density at radius 3 is 2.61 bits per heavy atom. The number of hydrogen-bond donors (Lipinski definition) is 1. The van der Waals surface area contributed by atoms with E-state index >= 15 is 0 Å². The zero-order chi connectivity index (χ0) is 17.2.